The summed E-state index contributed by atoms with van der Waals surface area (Å²) < 4.78 is 15.2. The molecule has 0 saturated carbocycles. The number of halogens is 2. The van der Waals surface area contributed by atoms with Gasteiger partial charge in [0.15, 0.2) is 0 Å². The average molecular weight is 284 g/mol. The van der Waals surface area contributed by atoms with Crippen molar-refractivity contribution in [2.75, 3.05) is 0 Å². The molecule has 6 heteroatoms. The molecule has 0 atom stereocenters. The van der Waals surface area contributed by atoms with Crippen molar-refractivity contribution in [3.05, 3.63) is 45.9 Å². The third kappa shape index (κ3) is 1.76. The zero-order valence-electron chi connectivity index (χ0n) is 8.32. The molecule has 4 nitrogen and oxygen atoms in total. The molecular formula is C10H7BrFN3O. The molecule has 0 aliphatic rings. The Morgan fingerprint density at radius 3 is 2.88 bits per heavy atom. The zero-order valence-corrected chi connectivity index (χ0v) is 9.90. The summed E-state index contributed by atoms with van der Waals surface area (Å²) in [5.41, 5.74) is 0.247. The summed E-state index contributed by atoms with van der Waals surface area (Å²) >= 11 is 3.03. The van der Waals surface area contributed by atoms with Crippen LogP contribution in [-0.4, -0.2) is 20.8 Å². The molecule has 0 N–H and O–H groups in total. The minimum absolute atomic E-state index is 0.000208. The van der Waals surface area contributed by atoms with Crippen molar-refractivity contribution in [1.29, 1.82) is 0 Å². The number of carbonyl (C=O) groups is 1. The van der Waals surface area contributed by atoms with Gasteiger partial charge in [-0.1, -0.05) is 11.3 Å². The second-order valence-electron chi connectivity index (χ2n) is 3.17. The van der Waals surface area contributed by atoms with Crippen LogP contribution in [0.3, 0.4) is 0 Å². The monoisotopic (exact) mass is 283 g/mol. The highest BCUT2D eigenvalue weighted by Crippen LogP contribution is 2.20. The SMILES string of the molecule is Cn1nncc1C(=O)c1cccc(Br)c1F. The van der Waals surface area contributed by atoms with Gasteiger partial charge in [0, 0.05) is 7.05 Å². The Morgan fingerprint density at radius 1 is 1.50 bits per heavy atom. The second-order valence-corrected chi connectivity index (χ2v) is 4.03. The van der Waals surface area contributed by atoms with Gasteiger partial charge in [0.2, 0.25) is 5.78 Å². The maximum Gasteiger partial charge on any atom is 0.215 e. The highest BCUT2D eigenvalue weighted by atomic mass is 79.9. The smallest absolute Gasteiger partial charge is 0.215 e. The number of hydrogen-bond donors (Lipinski definition) is 0. The normalized spacial score (nSPS) is 10.4. The Hall–Kier alpha value is -1.56. The Balaban J connectivity index is 2.50. The Kier molecular flexibility index (Phi) is 2.82. The number of nitrogens with zero attached hydrogens (tertiary/aromatic N) is 3. The molecule has 0 saturated heterocycles. The molecule has 1 heterocycles. The lowest BCUT2D eigenvalue weighted by Crippen LogP contribution is -2.10. The minimum atomic E-state index is -0.575. The highest BCUT2D eigenvalue weighted by molar-refractivity contribution is 9.10. The Morgan fingerprint density at radius 2 is 2.25 bits per heavy atom. The molecule has 82 valence electrons. The fraction of sp³-hybridized carbons (Fsp3) is 0.100. The molecule has 0 spiro atoms. The van der Waals surface area contributed by atoms with Gasteiger partial charge < -0.3 is 0 Å². The van der Waals surface area contributed by atoms with Crippen LogP contribution in [-0.2, 0) is 7.05 Å². The van der Waals surface area contributed by atoms with E-state index in [4.69, 9.17) is 0 Å². The Bertz CT molecular complexity index is 553. The van der Waals surface area contributed by atoms with Gasteiger partial charge in [-0.2, -0.15) is 0 Å². The molecule has 0 bridgehead atoms. The number of carbonyl (C=O) groups excluding carboxylic acids is 1. The van der Waals surface area contributed by atoms with E-state index in [-0.39, 0.29) is 15.7 Å². The van der Waals surface area contributed by atoms with Gasteiger partial charge in [-0.15, -0.1) is 5.10 Å². The first-order valence-electron chi connectivity index (χ1n) is 4.44. The van der Waals surface area contributed by atoms with Crippen molar-refractivity contribution in [2.45, 2.75) is 0 Å². The van der Waals surface area contributed by atoms with Crippen molar-refractivity contribution in [3.8, 4) is 0 Å². The number of benzene rings is 1. The number of hydrogen-bond acceptors (Lipinski definition) is 3. The van der Waals surface area contributed by atoms with Crippen molar-refractivity contribution < 1.29 is 9.18 Å². The fourth-order valence-corrected chi connectivity index (χ4v) is 1.68. The molecule has 0 radical (unpaired) electrons. The predicted molar refractivity (Wildman–Crippen MR) is 58.5 cm³/mol. The van der Waals surface area contributed by atoms with Crippen LogP contribution in [0.4, 0.5) is 4.39 Å². The van der Waals surface area contributed by atoms with Crippen LogP contribution in [0.2, 0.25) is 0 Å². The van der Waals surface area contributed by atoms with Crippen LogP contribution in [0.25, 0.3) is 0 Å². The van der Waals surface area contributed by atoms with Gasteiger partial charge in [0.05, 0.1) is 16.2 Å². The van der Waals surface area contributed by atoms with E-state index in [9.17, 15) is 9.18 Å². The van der Waals surface area contributed by atoms with E-state index in [1.165, 1.54) is 23.0 Å². The number of rotatable bonds is 2. The highest BCUT2D eigenvalue weighted by Gasteiger charge is 2.18. The molecule has 2 aromatic rings. The number of aryl methyl sites for hydroxylation is 1. The van der Waals surface area contributed by atoms with Crippen molar-refractivity contribution in [2.24, 2.45) is 7.05 Å². The molecule has 2 rings (SSSR count). The summed E-state index contributed by atoms with van der Waals surface area (Å²) in [7, 11) is 1.58. The molecule has 1 aromatic heterocycles. The first-order chi connectivity index (χ1) is 7.61. The van der Waals surface area contributed by atoms with Gasteiger partial charge in [0.25, 0.3) is 0 Å². The van der Waals surface area contributed by atoms with Gasteiger partial charge in [-0.3, -0.25) is 4.79 Å². The molecule has 0 aliphatic heterocycles. The van der Waals surface area contributed by atoms with E-state index in [0.29, 0.717) is 0 Å². The number of aromatic nitrogens is 3. The third-order valence-corrected chi connectivity index (χ3v) is 2.76. The minimum Gasteiger partial charge on any atom is -0.287 e. The summed E-state index contributed by atoms with van der Waals surface area (Å²) in [5, 5.41) is 7.21. The van der Waals surface area contributed by atoms with Crippen LogP contribution < -0.4 is 0 Å². The summed E-state index contributed by atoms with van der Waals surface area (Å²) in [6.07, 6.45) is 1.31. The van der Waals surface area contributed by atoms with E-state index < -0.39 is 11.6 Å². The standard InChI is InChI=1S/C10H7BrFN3O/c1-15-8(5-13-14-15)10(16)6-3-2-4-7(11)9(6)12/h2-5H,1H3. The van der Waals surface area contributed by atoms with Gasteiger partial charge in [-0.25, -0.2) is 9.07 Å². The Labute approximate surface area is 99.2 Å². The maximum atomic E-state index is 13.7. The topological polar surface area (TPSA) is 47.8 Å². The van der Waals surface area contributed by atoms with Crippen LogP contribution in [0.1, 0.15) is 16.1 Å². The molecule has 0 fully saturated rings. The maximum absolute atomic E-state index is 13.7. The summed E-state index contributed by atoms with van der Waals surface area (Å²) in [6.45, 7) is 0. The molecule has 16 heavy (non-hydrogen) atoms. The third-order valence-electron chi connectivity index (χ3n) is 2.14. The first-order valence-corrected chi connectivity index (χ1v) is 5.24. The lowest BCUT2D eigenvalue weighted by Gasteiger charge is -2.03. The van der Waals surface area contributed by atoms with Crippen LogP contribution >= 0.6 is 15.9 Å². The van der Waals surface area contributed by atoms with E-state index >= 15 is 0 Å². The quantitative estimate of drug-likeness (QED) is 0.792. The van der Waals surface area contributed by atoms with E-state index in [1.807, 2.05) is 0 Å². The van der Waals surface area contributed by atoms with Gasteiger partial charge in [-0.05, 0) is 28.1 Å². The van der Waals surface area contributed by atoms with Crippen LogP contribution in [0.15, 0.2) is 28.9 Å². The van der Waals surface area contributed by atoms with Crippen molar-refractivity contribution in [1.82, 2.24) is 15.0 Å². The largest absolute Gasteiger partial charge is 0.287 e. The van der Waals surface area contributed by atoms with Gasteiger partial charge in [0.1, 0.15) is 11.5 Å². The van der Waals surface area contributed by atoms with Crippen molar-refractivity contribution >= 4 is 21.7 Å². The summed E-state index contributed by atoms with van der Waals surface area (Å²) in [5.74, 6) is -1.01. The molecule has 1 aromatic carbocycles. The van der Waals surface area contributed by atoms with Crippen LogP contribution in [0, 0.1) is 5.82 Å². The van der Waals surface area contributed by atoms with Crippen LogP contribution in [0.5, 0.6) is 0 Å². The van der Waals surface area contributed by atoms with Gasteiger partial charge >= 0.3 is 0 Å². The first kappa shape index (κ1) is 10.9. The second kappa shape index (κ2) is 4.13. The number of ketones is 1. The summed E-state index contributed by atoms with van der Waals surface area (Å²) in [4.78, 5) is 11.9. The molecular weight excluding hydrogens is 277 g/mol. The van der Waals surface area contributed by atoms with E-state index in [1.54, 1.807) is 13.1 Å². The average Bonchev–Trinajstić information content (AvgIpc) is 2.68. The fourth-order valence-electron chi connectivity index (χ4n) is 1.31. The lowest BCUT2D eigenvalue weighted by molar-refractivity contribution is 0.102. The molecule has 0 amide bonds. The lowest BCUT2D eigenvalue weighted by atomic mass is 10.1. The zero-order chi connectivity index (χ0) is 11.7. The van der Waals surface area contributed by atoms with Crippen molar-refractivity contribution in [3.63, 3.8) is 0 Å². The molecule has 0 unspecified atom stereocenters. The molecule has 0 aliphatic carbocycles. The predicted octanol–water partition coefficient (Wildman–Crippen LogP) is 1.95. The van der Waals surface area contributed by atoms with E-state index in [0.717, 1.165) is 0 Å². The van der Waals surface area contributed by atoms with E-state index in [2.05, 4.69) is 26.2 Å². The summed E-state index contributed by atoms with van der Waals surface area (Å²) in [6, 6.07) is 4.56.